The molecule has 0 saturated carbocycles. The van der Waals surface area contributed by atoms with Gasteiger partial charge in [-0.1, -0.05) is 110 Å². The molecule has 0 heterocycles. The minimum Gasteiger partial charge on any atom is -0.367 e. The molecule has 0 aliphatic rings. The molecule has 0 aliphatic heterocycles. The maximum Gasteiger partial charge on any atom is 0.676 e. The van der Waals surface area contributed by atoms with Crippen LogP contribution in [-0.4, -0.2) is 34.7 Å². The first-order chi connectivity index (χ1) is 12.7. The standard InChI is InChI=1S/C21H46O4Si/c1-4-5-6-7-8-9-10-11-12-13-14-15-16-17-18-19-20-21-25-26(22,23-2)24-3/h22H,4-21H2,1-3H3. The van der Waals surface area contributed by atoms with Gasteiger partial charge in [0.1, 0.15) is 0 Å². The average molecular weight is 391 g/mol. The van der Waals surface area contributed by atoms with Crippen LogP contribution in [0.25, 0.3) is 0 Å². The fourth-order valence-electron chi connectivity index (χ4n) is 3.23. The lowest BCUT2D eigenvalue weighted by molar-refractivity contribution is 0.0222. The van der Waals surface area contributed by atoms with E-state index in [-0.39, 0.29) is 0 Å². The molecule has 0 aliphatic carbocycles. The Morgan fingerprint density at radius 1 is 0.538 bits per heavy atom. The lowest BCUT2D eigenvalue weighted by atomic mass is 10.0. The van der Waals surface area contributed by atoms with Crippen molar-refractivity contribution < 1.29 is 18.1 Å². The molecule has 4 nitrogen and oxygen atoms in total. The van der Waals surface area contributed by atoms with Crippen LogP contribution < -0.4 is 0 Å². The number of rotatable bonds is 21. The van der Waals surface area contributed by atoms with Crippen LogP contribution in [0, 0.1) is 0 Å². The smallest absolute Gasteiger partial charge is 0.367 e. The highest BCUT2D eigenvalue weighted by Crippen LogP contribution is 2.14. The highest BCUT2D eigenvalue weighted by molar-refractivity contribution is 6.51. The number of hydrogen-bond donors (Lipinski definition) is 1. The molecule has 0 amide bonds. The quantitative estimate of drug-likeness (QED) is 0.182. The summed E-state index contributed by atoms with van der Waals surface area (Å²) in [6.45, 7) is 2.80. The van der Waals surface area contributed by atoms with E-state index in [1.54, 1.807) is 0 Å². The molecule has 158 valence electrons. The Kier molecular flexibility index (Phi) is 19.9. The van der Waals surface area contributed by atoms with E-state index in [2.05, 4.69) is 6.92 Å². The fourth-order valence-corrected chi connectivity index (χ4v) is 4.03. The van der Waals surface area contributed by atoms with Crippen molar-refractivity contribution in [3.63, 3.8) is 0 Å². The fraction of sp³-hybridized carbons (Fsp3) is 1.00. The van der Waals surface area contributed by atoms with Crippen molar-refractivity contribution >= 4 is 9.05 Å². The van der Waals surface area contributed by atoms with Crippen molar-refractivity contribution in [1.29, 1.82) is 0 Å². The van der Waals surface area contributed by atoms with Crippen LogP contribution in [0.2, 0.25) is 0 Å². The second kappa shape index (κ2) is 19.8. The van der Waals surface area contributed by atoms with Crippen LogP contribution in [0.1, 0.15) is 116 Å². The minimum absolute atomic E-state index is 0.517. The Hall–Kier alpha value is 0.0569. The SMILES string of the molecule is CCCCCCCCCCCCCCCCCCCO[Si](O)(OC)OC. The van der Waals surface area contributed by atoms with Crippen LogP contribution in [0.4, 0.5) is 0 Å². The van der Waals surface area contributed by atoms with E-state index in [1.807, 2.05) is 0 Å². The van der Waals surface area contributed by atoms with Gasteiger partial charge < -0.3 is 18.1 Å². The molecule has 26 heavy (non-hydrogen) atoms. The van der Waals surface area contributed by atoms with Gasteiger partial charge in [0.15, 0.2) is 0 Å². The molecular formula is C21H46O4Si. The summed E-state index contributed by atoms with van der Waals surface area (Å²) in [5, 5.41) is 0. The summed E-state index contributed by atoms with van der Waals surface area (Å²) in [4.78, 5) is 9.74. The highest BCUT2D eigenvalue weighted by Gasteiger charge is 2.38. The molecule has 0 rings (SSSR count). The van der Waals surface area contributed by atoms with E-state index < -0.39 is 9.05 Å². The van der Waals surface area contributed by atoms with E-state index in [0.717, 1.165) is 12.8 Å². The van der Waals surface area contributed by atoms with E-state index in [1.165, 1.54) is 111 Å². The topological polar surface area (TPSA) is 47.9 Å². The molecule has 0 atom stereocenters. The molecule has 0 aromatic heterocycles. The van der Waals surface area contributed by atoms with Gasteiger partial charge >= 0.3 is 9.05 Å². The minimum atomic E-state index is -3.31. The van der Waals surface area contributed by atoms with Gasteiger partial charge in [-0.25, -0.2) is 0 Å². The molecule has 0 bridgehead atoms. The van der Waals surface area contributed by atoms with Crippen molar-refractivity contribution in [3.05, 3.63) is 0 Å². The Morgan fingerprint density at radius 3 is 1.15 bits per heavy atom. The lowest BCUT2D eigenvalue weighted by Crippen LogP contribution is -2.44. The van der Waals surface area contributed by atoms with Gasteiger partial charge in [0, 0.05) is 20.8 Å². The Balaban J connectivity index is 3.11. The van der Waals surface area contributed by atoms with Crippen molar-refractivity contribution in [1.82, 2.24) is 0 Å². The van der Waals surface area contributed by atoms with E-state index in [4.69, 9.17) is 13.3 Å². The molecule has 0 aromatic carbocycles. The van der Waals surface area contributed by atoms with Crippen LogP contribution in [0.15, 0.2) is 0 Å². The predicted molar refractivity (Wildman–Crippen MR) is 112 cm³/mol. The number of hydrogen-bond acceptors (Lipinski definition) is 4. The molecule has 1 N–H and O–H groups in total. The average Bonchev–Trinajstić information content (AvgIpc) is 2.66. The van der Waals surface area contributed by atoms with Crippen LogP contribution in [0.3, 0.4) is 0 Å². The Bertz CT molecular complexity index is 273. The highest BCUT2D eigenvalue weighted by atomic mass is 28.4. The van der Waals surface area contributed by atoms with E-state index >= 15 is 0 Å². The van der Waals surface area contributed by atoms with E-state index in [0.29, 0.717) is 6.61 Å². The molecule has 0 radical (unpaired) electrons. The summed E-state index contributed by atoms with van der Waals surface area (Å²) in [5.74, 6) is 0. The van der Waals surface area contributed by atoms with Crippen molar-refractivity contribution in [2.24, 2.45) is 0 Å². The van der Waals surface area contributed by atoms with Crippen LogP contribution >= 0.6 is 0 Å². The first-order valence-corrected chi connectivity index (χ1v) is 12.8. The maximum absolute atomic E-state index is 9.74. The summed E-state index contributed by atoms with van der Waals surface area (Å²) >= 11 is 0. The zero-order valence-corrected chi connectivity index (χ0v) is 18.9. The zero-order valence-electron chi connectivity index (χ0n) is 17.9. The third-order valence-corrected chi connectivity index (χ3v) is 6.65. The lowest BCUT2D eigenvalue weighted by Gasteiger charge is -2.18. The molecule has 0 aromatic rings. The summed E-state index contributed by atoms with van der Waals surface area (Å²) in [6, 6.07) is 0. The molecule has 0 fully saturated rings. The van der Waals surface area contributed by atoms with E-state index in [9.17, 15) is 4.80 Å². The van der Waals surface area contributed by atoms with Gasteiger partial charge in [-0.15, -0.1) is 0 Å². The normalized spacial score (nSPS) is 12.0. The molecule has 0 spiro atoms. The van der Waals surface area contributed by atoms with Crippen LogP contribution in [-0.2, 0) is 13.3 Å². The van der Waals surface area contributed by atoms with Gasteiger partial charge in [-0.3, -0.25) is 0 Å². The van der Waals surface area contributed by atoms with Crippen molar-refractivity contribution in [2.75, 3.05) is 20.8 Å². The monoisotopic (exact) mass is 390 g/mol. The first-order valence-electron chi connectivity index (χ1n) is 11.1. The summed E-state index contributed by atoms with van der Waals surface area (Å²) < 4.78 is 15.0. The Morgan fingerprint density at radius 2 is 0.846 bits per heavy atom. The summed E-state index contributed by atoms with van der Waals surface area (Å²) in [6.07, 6.45) is 23.1. The second-order valence-electron chi connectivity index (χ2n) is 7.44. The third kappa shape index (κ3) is 17.5. The maximum atomic E-state index is 9.74. The molecule has 0 saturated heterocycles. The zero-order chi connectivity index (χ0) is 19.3. The summed E-state index contributed by atoms with van der Waals surface area (Å²) in [7, 11) is -0.466. The van der Waals surface area contributed by atoms with Crippen molar-refractivity contribution in [3.8, 4) is 0 Å². The van der Waals surface area contributed by atoms with Gasteiger partial charge in [0.2, 0.25) is 0 Å². The third-order valence-electron chi connectivity index (χ3n) is 5.05. The van der Waals surface area contributed by atoms with Crippen LogP contribution in [0.5, 0.6) is 0 Å². The largest absolute Gasteiger partial charge is 0.676 e. The first kappa shape index (κ1) is 26.1. The van der Waals surface area contributed by atoms with Gasteiger partial charge in [0.05, 0.1) is 0 Å². The second-order valence-corrected chi connectivity index (χ2v) is 9.59. The number of unbranched alkanes of at least 4 members (excludes halogenated alkanes) is 16. The molecule has 0 unspecified atom stereocenters. The predicted octanol–water partition coefficient (Wildman–Crippen LogP) is 6.38. The van der Waals surface area contributed by atoms with Gasteiger partial charge in [-0.05, 0) is 6.42 Å². The molecule has 5 heteroatoms. The van der Waals surface area contributed by atoms with Gasteiger partial charge in [0.25, 0.3) is 0 Å². The van der Waals surface area contributed by atoms with Gasteiger partial charge in [-0.2, -0.15) is 0 Å². The summed E-state index contributed by atoms with van der Waals surface area (Å²) in [5.41, 5.74) is 0. The Labute approximate surface area is 164 Å². The van der Waals surface area contributed by atoms with Crippen molar-refractivity contribution in [2.45, 2.75) is 116 Å². The molecular weight excluding hydrogens is 344 g/mol.